The van der Waals surface area contributed by atoms with E-state index in [9.17, 15) is 9.59 Å². The first kappa shape index (κ1) is 13.2. The Labute approximate surface area is 132 Å². The van der Waals surface area contributed by atoms with Crippen LogP contribution in [0.15, 0.2) is 54.6 Å². The van der Waals surface area contributed by atoms with E-state index in [-0.39, 0.29) is 11.6 Å². The highest BCUT2D eigenvalue weighted by molar-refractivity contribution is 7.15. The third-order valence-corrected chi connectivity index (χ3v) is 4.99. The van der Waals surface area contributed by atoms with Crippen LogP contribution < -0.4 is 0 Å². The standard InChI is InChI=1S/C19H12O2S/c1-11-9-10-16(22-11)14-7-4-8-15-17(14)19(21)13-6-3-2-5-12(13)18(15)20/h2-10H,1H3. The van der Waals surface area contributed by atoms with Crippen molar-refractivity contribution in [2.45, 2.75) is 6.92 Å². The molecule has 0 radical (unpaired) electrons. The second-order valence-electron chi connectivity index (χ2n) is 5.34. The predicted molar refractivity (Wildman–Crippen MR) is 87.8 cm³/mol. The maximum absolute atomic E-state index is 12.9. The van der Waals surface area contributed by atoms with Crippen LogP contribution in [0.1, 0.15) is 36.7 Å². The van der Waals surface area contributed by atoms with Crippen LogP contribution in [0.3, 0.4) is 0 Å². The monoisotopic (exact) mass is 304 g/mol. The van der Waals surface area contributed by atoms with Crippen LogP contribution in [-0.2, 0) is 0 Å². The number of carbonyl (C=O) groups is 2. The minimum atomic E-state index is -0.0691. The minimum absolute atomic E-state index is 0.0631. The average molecular weight is 304 g/mol. The number of rotatable bonds is 1. The Hall–Kier alpha value is -2.52. The summed E-state index contributed by atoms with van der Waals surface area (Å²) in [4.78, 5) is 27.8. The molecule has 0 bridgehead atoms. The fourth-order valence-corrected chi connectivity index (χ4v) is 3.83. The van der Waals surface area contributed by atoms with Gasteiger partial charge in [-0.05, 0) is 19.1 Å². The van der Waals surface area contributed by atoms with Gasteiger partial charge in [-0.2, -0.15) is 0 Å². The highest BCUT2D eigenvalue weighted by Crippen LogP contribution is 2.36. The Balaban J connectivity index is 2.01. The summed E-state index contributed by atoms with van der Waals surface area (Å²) in [5, 5.41) is 0. The summed E-state index contributed by atoms with van der Waals surface area (Å²) >= 11 is 1.63. The summed E-state index contributed by atoms with van der Waals surface area (Å²) in [7, 11) is 0. The lowest BCUT2D eigenvalue weighted by molar-refractivity contribution is 0.0979. The van der Waals surface area contributed by atoms with E-state index < -0.39 is 0 Å². The van der Waals surface area contributed by atoms with E-state index in [2.05, 4.69) is 0 Å². The first-order valence-corrected chi connectivity index (χ1v) is 7.87. The number of hydrogen-bond donors (Lipinski definition) is 0. The van der Waals surface area contributed by atoms with Gasteiger partial charge in [-0.1, -0.05) is 42.5 Å². The highest BCUT2D eigenvalue weighted by atomic mass is 32.1. The van der Waals surface area contributed by atoms with Crippen molar-refractivity contribution < 1.29 is 9.59 Å². The molecule has 0 amide bonds. The van der Waals surface area contributed by atoms with E-state index in [1.165, 1.54) is 4.88 Å². The zero-order valence-electron chi connectivity index (χ0n) is 11.9. The van der Waals surface area contributed by atoms with Gasteiger partial charge < -0.3 is 0 Å². The summed E-state index contributed by atoms with van der Waals surface area (Å²) in [6.07, 6.45) is 0. The second-order valence-corrected chi connectivity index (χ2v) is 6.63. The summed E-state index contributed by atoms with van der Waals surface area (Å²) in [6, 6.07) is 16.6. The molecular formula is C19H12O2S. The Morgan fingerprint density at radius 1 is 0.682 bits per heavy atom. The third kappa shape index (κ3) is 1.79. The fourth-order valence-electron chi connectivity index (χ4n) is 2.93. The van der Waals surface area contributed by atoms with Gasteiger partial charge in [0.15, 0.2) is 11.6 Å². The number of aryl methyl sites for hydroxylation is 1. The van der Waals surface area contributed by atoms with Crippen molar-refractivity contribution >= 4 is 22.9 Å². The molecule has 0 aliphatic heterocycles. The predicted octanol–water partition coefficient (Wildman–Crippen LogP) is 4.50. The maximum atomic E-state index is 12.9. The van der Waals surface area contributed by atoms with E-state index in [1.54, 1.807) is 41.7 Å². The van der Waals surface area contributed by atoms with E-state index in [4.69, 9.17) is 0 Å². The molecule has 2 nitrogen and oxygen atoms in total. The number of thiophene rings is 1. The highest BCUT2D eigenvalue weighted by Gasteiger charge is 2.31. The smallest absolute Gasteiger partial charge is 0.195 e. The number of benzene rings is 2. The van der Waals surface area contributed by atoms with Crippen molar-refractivity contribution in [2.75, 3.05) is 0 Å². The van der Waals surface area contributed by atoms with Crippen LogP contribution in [0.5, 0.6) is 0 Å². The number of fused-ring (bicyclic) bond motifs is 2. The van der Waals surface area contributed by atoms with Gasteiger partial charge in [0.1, 0.15) is 0 Å². The van der Waals surface area contributed by atoms with Gasteiger partial charge in [-0.25, -0.2) is 0 Å². The lowest BCUT2D eigenvalue weighted by Crippen LogP contribution is -2.21. The number of ketones is 2. The molecule has 0 N–H and O–H groups in total. The van der Waals surface area contributed by atoms with Crippen LogP contribution >= 0.6 is 11.3 Å². The van der Waals surface area contributed by atoms with E-state index in [0.717, 1.165) is 10.4 Å². The molecular weight excluding hydrogens is 292 g/mol. The summed E-state index contributed by atoms with van der Waals surface area (Å²) in [5.41, 5.74) is 2.89. The van der Waals surface area contributed by atoms with Gasteiger partial charge in [-0.3, -0.25) is 9.59 Å². The summed E-state index contributed by atoms with van der Waals surface area (Å²) in [5.74, 6) is -0.132. The van der Waals surface area contributed by atoms with Gasteiger partial charge in [0.25, 0.3) is 0 Å². The molecule has 0 spiro atoms. The molecule has 1 aromatic heterocycles. The largest absolute Gasteiger partial charge is 0.289 e. The van der Waals surface area contributed by atoms with Crippen molar-refractivity contribution in [1.29, 1.82) is 0 Å². The van der Waals surface area contributed by atoms with E-state index in [0.29, 0.717) is 22.3 Å². The molecule has 2 aromatic carbocycles. The van der Waals surface area contributed by atoms with Crippen LogP contribution in [0.4, 0.5) is 0 Å². The lowest BCUT2D eigenvalue weighted by Gasteiger charge is -2.19. The first-order chi connectivity index (χ1) is 10.7. The quantitative estimate of drug-likeness (QED) is 0.519. The van der Waals surface area contributed by atoms with Crippen molar-refractivity contribution in [2.24, 2.45) is 0 Å². The lowest BCUT2D eigenvalue weighted by atomic mass is 9.81. The molecule has 106 valence electrons. The molecule has 1 aliphatic carbocycles. The topological polar surface area (TPSA) is 34.1 Å². The third-order valence-electron chi connectivity index (χ3n) is 3.96. The van der Waals surface area contributed by atoms with Crippen molar-refractivity contribution in [3.63, 3.8) is 0 Å². The fraction of sp³-hybridized carbons (Fsp3) is 0.0526. The first-order valence-electron chi connectivity index (χ1n) is 7.05. The summed E-state index contributed by atoms with van der Waals surface area (Å²) < 4.78 is 0. The SMILES string of the molecule is Cc1ccc(-c2cccc3c2C(=O)c2ccccc2C3=O)s1. The van der Waals surface area contributed by atoms with Crippen LogP contribution in [0.25, 0.3) is 10.4 Å². The normalized spacial score (nSPS) is 13.0. The Morgan fingerprint density at radius 2 is 1.32 bits per heavy atom. The molecule has 0 saturated heterocycles. The molecule has 1 aliphatic rings. The molecule has 3 heteroatoms. The van der Waals surface area contributed by atoms with Gasteiger partial charge in [0.2, 0.25) is 0 Å². The van der Waals surface area contributed by atoms with E-state index >= 15 is 0 Å². The van der Waals surface area contributed by atoms with Gasteiger partial charge in [0.05, 0.1) is 0 Å². The Bertz CT molecular complexity index is 934. The molecule has 1 heterocycles. The van der Waals surface area contributed by atoms with Crippen molar-refractivity contribution in [1.82, 2.24) is 0 Å². The Morgan fingerprint density at radius 3 is 2.00 bits per heavy atom. The van der Waals surface area contributed by atoms with Crippen molar-refractivity contribution in [3.8, 4) is 10.4 Å². The number of hydrogen-bond acceptors (Lipinski definition) is 3. The van der Waals surface area contributed by atoms with Crippen LogP contribution in [0.2, 0.25) is 0 Å². The molecule has 22 heavy (non-hydrogen) atoms. The molecule has 4 rings (SSSR count). The van der Waals surface area contributed by atoms with Gasteiger partial charge >= 0.3 is 0 Å². The van der Waals surface area contributed by atoms with Gasteiger partial charge in [-0.15, -0.1) is 11.3 Å². The average Bonchev–Trinajstić information content (AvgIpc) is 2.98. The molecule has 3 aromatic rings. The van der Waals surface area contributed by atoms with Crippen LogP contribution in [0, 0.1) is 6.92 Å². The molecule has 0 fully saturated rings. The molecule has 0 saturated carbocycles. The number of carbonyl (C=O) groups excluding carboxylic acids is 2. The van der Waals surface area contributed by atoms with E-state index in [1.807, 2.05) is 31.2 Å². The zero-order chi connectivity index (χ0) is 15.3. The van der Waals surface area contributed by atoms with Crippen LogP contribution in [-0.4, -0.2) is 11.6 Å². The second kappa shape index (κ2) is 4.75. The maximum Gasteiger partial charge on any atom is 0.195 e. The zero-order valence-corrected chi connectivity index (χ0v) is 12.7. The molecule has 0 atom stereocenters. The Kier molecular flexibility index (Phi) is 2.84. The summed E-state index contributed by atoms with van der Waals surface area (Å²) in [6.45, 7) is 2.03. The van der Waals surface area contributed by atoms with Gasteiger partial charge in [0, 0.05) is 37.6 Å². The molecule has 0 unspecified atom stereocenters. The van der Waals surface area contributed by atoms with Crippen molar-refractivity contribution in [3.05, 3.63) is 81.7 Å². The minimum Gasteiger partial charge on any atom is -0.289 e.